The molecule has 1 aromatic rings. The molecule has 2 saturated heterocycles. The maximum absolute atomic E-state index is 12.5. The molecule has 2 aliphatic rings. The minimum atomic E-state index is -3.63. The van der Waals surface area contributed by atoms with Crippen LogP contribution in [0.4, 0.5) is 0 Å². The molecule has 24 heavy (non-hydrogen) atoms. The summed E-state index contributed by atoms with van der Waals surface area (Å²) in [6.07, 6.45) is 5.67. The molecule has 0 saturated carbocycles. The van der Waals surface area contributed by atoms with Gasteiger partial charge in [0.25, 0.3) is 5.91 Å². The highest BCUT2D eigenvalue weighted by molar-refractivity contribution is 7.89. The Hall–Kier alpha value is -1.70. The first-order valence-corrected chi connectivity index (χ1v) is 9.74. The summed E-state index contributed by atoms with van der Waals surface area (Å²) in [5, 5.41) is 6.58. The van der Waals surface area contributed by atoms with Gasteiger partial charge in [-0.1, -0.05) is 12.1 Å². The van der Waals surface area contributed by atoms with E-state index in [1.165, 1.54) is 31.1 Å². The Morgan fingerprint density at radius 3 is 2.67 bits per heavy atom. The Balaban J connectivity index is 1.69. The molecule has 1 amide bonds. The number of piperidine rings is 1. The van der Waals surface area contributed by atoms with Crippen LogP contribution in [0.25, 0.3) is 0 Å². The van der Waals surface area contributed by atoms with Gasteiger partial charge in [0, 0.05) is 30.2 Å². The Morgan fingerprint density at radius 2 is 2.00 bits per heavy atom. The molecular formula is C17H23N3O3S. The van der Waals surface area contributed by atoms with E-state index < -0.39 is 10.0 Å². The van der Waals surface area contributed by atoms with E-state index in [9.17, 15) is 13.2 Å². The Labute approximate surface area is 142 Å². The molecule has 3 N–H and O–H groups in total. The van der Waals surface area contributed by atoms with Crippen molar-refractivity contribution in [3.8, 4) is 0 Å². The molecule has 1 aromatic carbocycles. The number of sulfonamides is 1. The van der Waals surface area contributed by atoms with E-state index in [0.717, 1.165) is 12.8 Å². The van der Waals surface area contributed by atoms with Crippen molar-refractivity contribution >= 4 is 15.9 Å². The van der Waals surface area contributed by atoms with Crippen LogP contribution >= 0.6 is 0 Å². The van der Waals surface area contributed by atoms with Gasteiger partial charge >= 0.3 is 0 Å². The van der Waals surface area contributed by atoms with E-state index in [1.54, 1.807) is 12.1 Å². The van der Waals surface area contributed by atoms with Crippen LogP contribution in [0.1, 0.15) is 36.0 Å². The molecule has 2 fully saturated rings. The van der Waals surface area contributed by atoms with Crippen molar-refractivity contribution in [2.24, 2.45) is 0 Å². The van der Waals surface area contributed by atoms with Gasteiger partial charge in [0.2, 0.25) is 10.0 Å². The number of amides is 1. The minimum Gasteiger partial charge on any atom is -0.349 e. The summed E-state index contributed by atoms with van der Waals surface area (Å²) >= 11 is 0. The predicted octanol–water partition coefficient (Wildman–Crippen LogP) is 1.16. The Kier molecular flexibility index (Phi) is 5.03. The molecule has 2 unspecified atom stereocenters. The van der Waals surface area contributed by atoms with Crippen molar-refractivity contribution in [2.45, 2.75) is 48.7 Å². The van der Waals surface area contributed by atoms with Gasteiger partial charge in [0.05, 0.1) is 4.90 Å². The van der Waals surface area contributed by atoms with Crippen molar-refractivity contribution in [1.29, 1.82) is 0 Å². The number of carbonyl (C=O) groups is 1. The Morgan fingerprint density at radius 1 is 1.29 bits per heavy atom. The van der Waals surface area contributed by atoms with E-state index in [2.05, 4.69) is 21.9 Å². The molecular weight excluding hydrogens is 326 g/mol. The number of nitrogens with one attached hydrogen (secondary N) is 3. The zero-order valence-corrected chi connectivity index (χ0v) is 14.3. The van der Waals surface area contributed by atoms with Gasteiger partial charge < -0.3 is 10.6 Å². The molecule has 0 aliphatic carbocycles. The smallest absolute Gasteiger partial charge is 0.251 e. The third kappa shape index (κ3) is 3.85. The number of benzene rings is 1. The van der Waals surface area contributed by atoms with Gasteiger partial charge in [-0.15, -0.1) is 6.58 Å². The van der Waals surface area contributed by atoms with Gasteiger partial charge in [0.15, 0.2) is 0 Å². The number of hydrogen-bond acceptors (Lipinski definition) is 4. The van der Waals surface area contributed by atoms with Gasteiger partial charge in [-0.2, -0.15) is 0 Å². The lowest BCUT2D eigenvalue weighted by Crippen LogP contribution is -2.48. The van der Waals surface area contributed by atoms with Crippen LogP contribution in [-0.2, 0) is 10.0 Å². The molecule has 2 atom stereocenters. The van der Waals surface area contributed by atoms with E-state index >= 15 is 0 Å². The van der Waals surface area contributed by atoms with Crippen molar-refractivity contribution in [3.05, 3.63) is 42.5 Å². The average Bonchev–Trinajstić information content (AvgIpc) is 2.91. The van der Waals surface area contributed by atoms with Crippen LogP contribution in [0, 0.1) is 0 Å². The summed E-state index contributed by atoms with van der Waals surface area (Å²) in [7, 11) is -3.63. The highest BCUT2D eigenvalue weighted by atomic mass is 32.2. The third-order valence-corrected chi connectivity index (χ3v) is 6.05. The van der Waals surface area contributed by atoms with Gasteiger partial charge in [-0.3, -0.25) is 4.79 Å². The summed E-state index contributed by atoms with van der Waals surface area (Å²) in [6, 6.07) is 7.24. The van der Waals surface area contributed by atoms with E-state index in [0.29, 0.717) is 17.6 Å². The average molecular weight is 349 g/mol. The fourth-order valence-corrected chi connectivity index (χ4v) is 4.54. The lowest BCUT2D eigenvalue weighted by atomic mass is 9.99. The van der Waals surface area contributed by atoms with Gasteiger partial charge in [-0.05, 0) is 43.9 Å². The van der Waals surface area contributed by atoms with Crippen LogP contribution in [-0.4, -0.2) is 39.0 Å². The highest BCUT2D eigenvalue weighted by Crippen LogP contribution is 2.27. The lowest BCUT2D eigenvalue weighted by molar-refractivity contribution is 0.0923. The van der Waals surface area contributed by atoms with Crippen LogP contribution in [0.5, 0.6) is 0 Å². The zero-order chi connectivity index (χ0) is 17.2. The fourth-order valence-electron chi connectivity index (χ4n) is 3.50. The summed E-state index contributed by atoms with van der Waals surface area (Å²) in [5.41, 5.74) is 0.363. The molecule has 7 heteroatoms. The van der Waals surface area contributed by atoms with Crippen molar-refractivity contribution in [1.82, 2.24) is 15.4 Å². The molecule has 6 nitrogen and oxygen atoms in total. The Bertz CT molecular complexity index is 720. The lowest BCUT2D eigenvalue weighted by Gasteiger charge is -2.29. The molecule has 0 spiro atoms. The minimum absolute atomic E-state index is 0.0855. The molecule has 0 radical (unpaired) electrons. The van der Waals surface area contributed by atoms with E-state index in [-0.39, 0.29) is 23.4 Å². The maximum atomic E-state index is 12.5. The SMILES string of the molecule is C=CCNS(=O)(=O)c1cccc(C(=O)NC2CC3CCC(C2)N3)c1. The van der Waals surface area contributed by atoms with Crippen LogP contribution in [0.3, 0.4) is 0 Å². The quantitative estimate of drug-likeness (QED) is 0.673. The first-order valence-electron chi connectivity index (χ1n) is 8.25. The van der Waals surface area contributed by atoms with Crippen molar-refractivity contribution < 1.29 is 13.2 Å². The zero-order valence-electron chi connectivity index (χ0n) is 13.5. The summed E-state index contributed by atoms with van der Waals surface area (Å²) in [4.78, 5) is 12.6. The summed E-state index contributed by atoms with van der Waals surface area (Å²) in [6.45, 7) is 3.64. The normalized spacial score (nSPS) is 26.1. The number of hydrogen-bond donors (Lipinski definition) is 3. The third-order valence-electron chi connectivity index (χ3n) is 4.63. The second-order valence-corrected chi connectivity index (χ2v) is 8.22. The molecule has 3 rings (SSSR count). The summed E-state index contributed by atoms with van der Waals surface area (Å²) in [5.74, 6) is -0.220. The standard InChI is InChI=1S/C17H23N3O3S/c1-2-8-18-24(22,23)16-5-3-4-12(9-16)17(21)20-15-10-13-6-7-14(11-15)19-13/h2-5,9,13-15,18-19H,1,6-8,10-11H2,(H,20,21). The van der Waals surface area contributed by atoms with Crippen LogP contribution < -0.4 is 15.4 Å². The predicted molar refractivity (Wildman–Crippen MR) is 92.3 cm³/mol. The van der Waals surface area contributed by atoms with E-state index in [1.807, 2.05) is 0 Å². The van der Waals surface area contributed by atoms with E-state index in [4.69, 9.17) is 0 Å². The molecule has 0 aromatic heterocycles. The molecule has 130 valence electrons. The number of fused-ring (bicyclic) bond motifs is 2. The second-order valence-electron chi connectivity index (χ2n) is 6.45. The summed E-state index contributed by atoms with van der Waals surface area (Å²) < 4.78 is 26.7. The fraction of sp³-hybridized carbons (Fsp3) is 0.471. The van der Waals surface area contributed by atoms with Gasteiger partial charge in [0.1, 0.15) is 0 Å². The second kappa shape index (κ2) is 7.04. The first-order chi connectivity index (χ1) is 11.5. The highest BCUT2D eigenvalue weighted by Gasteiger charge is 2.34. The van der Waals surface area contributed by atoms with Crippen LogP contribution in [0.2, 0.25) is 0 Å². The molecule has 2 bridgehead atoms. The topological polar surface area (TPSA) is 87.3 Å². The number of rotatable bonds is 6. The molecule has 2 heterocycles. The molecule has 2 aliphatic heterocycles. The van der Waals surface area contributed by atoms with Crippen LogP contribution in [0.15, 0.2) is 41.8 Å². The maximum Gasteiger partial charge on any atom is 0.251 e. The van der Waals surface area contributed by atoms with Crippen molar-refractivity contribution in [2.75, 3.05) is 6.54 Å². The monoisotopic (exact) mass is 349 g/mol. The van der Waals surface area contributed by atoms with Crippen molar-refractivity contribution in [3.63, 3.8) is 0 Å². The number of carbonyl (C=O) groups excluding carboxylic acids is 1. The largest absolute Gasteiger partial charge is 0.349 e. The van der Waals surface area contributed by atoms with Gasteiger partial charge in [-0.25, -0.2) is 13.1 Å². The first kappa shape index (κ1) is 17.1.